The van der Waals surface area contributed by atoms with Gasteiger partial charge >= 0.3 is 0 Å². The lowest BCUT2D eigenvalue weighted by molar-refractivity contribution is -0.122. The summed E-state index contributed by atoms with van der Waals surface area (Å²) in [7, 11) is 0. The summed E-state index contributed by atoms with van der Waals surface area (Å²) in [5.74, 6) is -0.0250. The van der Waals surface area contributed by atoms with Crippen LogP contribution in [0, 0.1) is 5.92 Å². The van der Waals surface area contributed by atoms with E-state index in [2.05, 4.69) is 20.5 Å². The Bertz CT molecular complexity index is 1000. The van der Waals surface area contributed by atoms with Crippen molar-refractivity contribution in [1.82, 2.24) is 15.2 Å². The first kappa shape index (κ1) is 15.5. The minimum absolute atomic E-state index is 0.0796. The van der Waals surface area contributed by atoms with Crippen LogP contribution >= 0.6 is 11.3 Å². The molecule has 26 heavy (non-hydrogen) atoms. The van der Waals surface area contributed by atoms with Crippen molar-refractivity contribution < 1.29 is 9.59 Å². The lowest BCUT2D eigenvalue weighted by Gasteiger charge is -2.13. The number of fused-ring (bicyclic) bond motifs is 2. The van der Waals surface area contributed by atoms with Gasteiger partial charge in [-0.3, -0.25) is 19.6 Å². The van der Waals surface area contributed by atoms with Crippen molar-refractivity contribution >= 4 is 45.0 Å². The van der Waals surface area contributed by atoms with Gasteiger partial charge < -0.3 is 5.32 Å². The van der Waals surface area contributed by atoms with E-state index in [1.807, 2.05) is 24.3 Å². The zero-order valence-corrected chi connectivity index (χ0v) is 14.8. The maximum absolute atomic E-state index is 12.6. The van der Waals surface area contributed by atoms with Crippen LogP contribution in [-0.2, 0) is 22.4 Å². The number of hydrogen-bond donors (Lipinski definition) is 2. The second kappa shape index (κ2) is 5.91. The topological polar surface area (TPSA) is 91.0 Å². The lowest BCUT2D eigenvalue weighted by Crippen LogP contribution is -2.28. The Morgan fingerprint density at radius 3 is 3.08 bits per heavy atom. The van der Waals surface area contributed by atoms with Gasteiger partial charge in [-0.25, -0.2) is 4.98 Å². The average Bonchev–Trinajstić information content (AvgIpc) is 3.36. The van der Waals surface area contributed by atoms with Crippen LogP contribution in [0.25, 0.3) is 10.9 Å². The number of anilines is 2. The third-order valence-corrected chi connectivity index (χ3v) is 6.10. The average molecular weight is 367 g/mol. The largest absolute Gasteiger partial charge is 0.302 e. The van der Waals surface area contributed by atoms with Crippen molar-refractivity contribution in [1.29, 1.82) is 0 Å². The van der Waals surface area contributed by atoms with Crippen LogP contribution in [0.2, 0.25) is 0 Å². The molecule has 1 atom stereocenters. The number of H-pyrrole nitrogens is 1. The summed E-state index contributed by atoms with van der Waals surface area (Å²) in [4.78, 5) is 32.5. The molecule has 1 aliphatic carbocycles. The van der Waals surface area contributed by atoms with E-state index in [1.165, 1.54) is 4.88 Å². The molecule has 3 aromatic rings. The van der Waals surface area contributed by atoms with Crippen molar-refractivity contribution in [2.75, 3.05) is 16.8 Å². The smallest absolute Gasteiger partial charge is 0.231 e. The van der Waals surface area contributed by atoms with Gasteiger partial charge in [0.25, 0.3) is 0 Å². The molecule has 2 amide bonds. The monoisotopic (exact) mass is 367 g/mol. The first-order chi connectivity index (χ1) is 12.7. The number of hydrogen-bond acceptors (Lipinski definition) is 5. The molecule has 3 heterocycles. The molecule has 0 unspecified atom stereocenters. The fourth-order valence-corrected chi connectivity index (χ4v) is 4.75. The minimum atomic E-state index is -0.392. The molecule has 0 radical (unpaired) electrons. The van der Waals surface area contributed by atoms with Crippen molar-refractivity contribution in [2.24, 2.45) is 5.92 Å². The number of aryl methyl sites for hydroxylation is 2. The van der Waals surface area contributed by atoms with E-state index in [9.17, 15) is 9.59 Å². The summed E-state index contributed by atoms with van der Waals surface area (Å²) < 4.78 is 0. The van der Waals surface area contributed by atoms with Gasteiger partial charge in [0.1, 0.15) is 0 Å². The zero-order valence-electron chi connectivity index (χ0n) is 14.0. The van der Waals surface area contributed by atoms with Gasteiger partial charge in [-0.05, 0) is 31.4 Å². The third-order valence-electron chi connectivity index (χ3n) is 5.03. The molecular weight excluding hydrogens is 350 g/mol. The maximum Gasteiger partial charge on any atom is 0.231 e. The van der Waals surface area contributed by atoms with Gasteiger partial charge in [-0.15, -0.1) is 11.3 Å². The van der Waals surface area contributed by atoms with Crippen LogP contribution in [0.1, 0.15) is 23.4 Å². The highest BCUT2D eigenvalue weighted by Crippen LogP contribution is 2.32. The number of nitrogens with zero attached hydrogens (tertiary/aromatic N) is 3. The summed E-state index contributed by atoms with van der Waals surface area (Å²) in [6, 6.07) is 7.66. The van der Waals surface area contributed by atoms with Gasteiger partial charge in [0, 0.05) is 23.2 Å². The Balaban J connectivity index is 1.33. The summed E-state index contributed by atoms with van der Waals surface area (Å²) >= 11 is 1.55. The van der Waals surface area contributed by atoms with E-state index in [1.54, 1.807) is 16.2 Å². The molecule has 0 bridgehead atoms. The number of thiazole rings is 1. The number of nitrogens with one attached hydrogen (secondary N) is 2. The Kier molecular flexibility index (Phi) is 3.53. The predicted molar refractivity (Wildman–Crippen MR) is 99.3 cm³/mol. The van der Waals surface area contributed by atoms with Crippen LogP contribution in [0.5, 0.6) is 0 Å². The highest BCUT2D eigenvalue weighted by Gasteiger charge is 2.37. The SMILES string of the molecule is O=C(Nc1nc2c(s1)CCC2)[C@@H]1CC(=O)N(c2n[nH]c3ccccc23)C1. The van der Waals surface area contributed by atoms with Crippen LogP contribution in [0.15, 0.2) is 24.3 Å². The molecule has 132 valence electrons. The van der Waals surface area contributed by atoms with Crippen LogP contribution in [-0.4, -0.2) is 33.5 Å². The maximum atomic E-state index is 12.6. The second-order valence-electron chi connectivity index (χ2n) is 6.73. The number of aromatic amines is 1. The van der Waals surface area contributed by atoms with Crippen LogP contribution < -0.4 is 10.2 Å². The van der Waals surface area contributed by atoms with Crippen molar-refractivity contribution in [3.05, 3.63) is 34.8 Å². The van der Waals surface area contributed by atoms with E-state index in [0.29, 0.717) is 17.5 Å². The van der Waals surface area contributed by atoms with Crippen molar-refractivity contribution in [2.45, 2.75) is 25.7 Å². The predicted octanol–water partition coefficient (Wildman–Crippen LogP) is 2.50. The highest BCUT2D eigenvalue weighted by atomic mass is 32.1. The molecular formula is C18H17N5O2S. The van der Waals surface area contributed by atoms with Gasteiger partial charge in [-0.2, -0.15) is 5.10 Å². The molecule has 1 fully saturated rings. The zero-order chi connectivity index (χ0) is 17.7. The number of rotatable bonds is 3. The molecule has 5 rings (SSSR count). The van der Waals surface area contributed by atoms with Crippen LogP contribution in [0.3, 0.4) is 0 Å². The second-order valence-corrected chi connectivity index (χ2v) is 7.81. The molecule has 1 aliphatic heterocycles. The number of amides is 2. The lowest BCUT2D eigenvalue weighted by atomic mass is 10.1. The van der Waals surface area contributed by atoms with Crippen molar-refractivity contribution in [3.63, 3.8) is 0 Å². The number of carbonyl (C=O) groups is 2. The van der Waals surface area contributed by atoms with Gasteiger partial charge in [-0.1, -0.05) is 12.1 Å². The molecule has 0 saturated carbocycles. The summed E-state index contributed by atoms with van der Waals surface area (Å²) in [5, 5.41) is 11.7. The Labute approximate surface area is 153 Å². The fourth-order valence-electron chi connectivity index (χ4n) is 3.69. The van der Waals surface area contributed by atoms with Gasteiger partial charge in [0.05, 0.1) is 17.1 Å². The molecule has 2 aromatic heterocycles. The van der Waals surface area contributed by atoms with Crippen molar-refractivity contribution in [3.8, 4) is 0 Å². The van der Waals surface area contributed by atoms with E-state index < -0.39 is 5.92 Å². The molecule has 0 spiro atoms. The van der Waals surface area contributed by atoms with E-state index >= 15 is 0 Å². The number of benzene rings is 1. The minimum Gasteiger partial charge on any atom is -0.302 e. The standard InChI is InChI=1S/C18H17N5O2S/c24-15-8-10(17(25)20-18-19-13-6-3-7-14(13)26-18)9-23(15)16-11-4-1-2-5-12(11)21-22-16/h1-2,4-5,10H,3,6-9H2,(H,21,22)(H,19,20,25)/t10-/m1/s1. The first-order valence-electron chi connectivity index (χ1n) is 8.72. The number of aromatic nitrogens is 3. The first-order valence-corrected chi connectivity index (χ1v) is 9.53. The fraction of sp³-hybridized carbons (Fsp3) is 0.333. The van der Waals surface area contributed by atoms with Gasteiger partial charge in [0.2, 0.25) is 11.8 Å². The Hall–Kier alpha value is -2.74. The highest BCUT2D eigenvalue weighted by molar-refractivity contribution is 7.15. The molecule has 2 N–H and O–H groups in total. The molecule has 8 heteroatoms. The summed E-state index contributed by atoms with van der Waals surface area (Å²) in [6.45, 7) is 0.338. The third kappa shape index (κ3) is 2.48. The molecule has 7 nitrogen and oxygen atoms in total. The quantitative estimate of drug-likeness (QED) is 0.744. The van der Waals surface area contributed by atoms with E-state index in [0.717, 1.165) is 35.9 Å². The number of carbonyl (C=O) groups excluding carboxylic acids is 2. The van der Waals surface area contributed by atoms with E-state index in [4.69, 9.17) is 0 Å². The Morgan fingerprint density at radius 2 is 2.19 bits per heavy atom. The summed E-state index contributed by atoms with van der Waals surface area (Å²) in [6.07, 6.45) is 3.37. The van der Waals surface area contributed by atoms with Gasteiger partial charge in [0.15, 0.2) is 10.9 Å². The molecule has 1 saturated heterocycles. The number of para-hydroxylation sites is 1. The normalized spacial score (nSPS) is 19.3. The summed E-state index contributed by atoms with van der Waals surface area (Å²) in [5.41, 5.74) is 1.98. The van der Waals surface area contributed by atoms with Crippen LogP contribution in [0.4, 0.5) is 10.9 Å². The van der Waals surface area contributed by atoms with E-state index in [-0.39, 0.29) is 18.2 Å². The molecule has 1 aromatic carbocycles. The Morgan fingerprint density at radius 1 is 1.31 bits per heavy atom. The molecule has 2 aliphatic rings.